The molecule has 5 rings (SSSR count). The van der Waals surface area contributed by atoms with Crippen molar-refractivity contribution in [3.05, 3.63) is 84.0 Å². The minimum Gasteiger partial charge on any atom is -0.316 e. The molecule has 4 heterocycles. The first-order valence-corrected chi connectivity index (χ1v) is 11.6. The van der Waals surface area contributed by atoms with Crippen molar-refractivity contribution in [2.45, 2.75) is 33.1 Å². The molecular formula is C25H25N7S. The fraction of sp³-hybridized carbons (Fsp3) is 0.200. The van der Waals surface area contributed by atoms with Gasteiger partial charge in [0.2, 0.25) is 0 Å². The lowest BCUT2D eigenvalue weighted by atomic mass is 9.92. The van der Waals surface area contributed by atoms with E-state index in [4.69, 9.17) is 10.1 Å². The highest BCUT2D eigenvalue weighted by atomic mass is 32.1. The van der Waals surface area contributed by atoms with Gasteiger partial charge in [-0.25, -0.2) is 19.6 Å². The molecule has 0 unspecified atom stereocenters. The molecule has 0 aliphatic heterocycles. The van der Waals surface area contributed by atoms with E-state index in [2.05, 4.69) is 42.1 Å². The van der Waals surface area contributed by atoms with Gasteiger partial charge in [0, 0.05) is 34.8 Å². The van der Waals surface area contributed by atoms with Crippen molar-refractivity contribution >= 4 is 22.3 Å². The van der Waals surface area contributed by atoms with Gasteiger partial charge >= 0.3 is 0 Å². The maximum Gasteiger partial charge on any atom is 0.188 e. The molecule has 0 aliphatic rings. The van der Waals surface area contributed by atoms with Crippen LogP contribution >= 0.6 is 11.3 Å². The van der Waals surface area contributed by atoms with E-state index in [1.165, 1.54) is 0 Å². The summed E-state index contributed by atoms with van der Waals surface area (Å²) < 4.78 is 3.84. The molecule has 0 saturated carbocycles. The molecule has 7 nitrogen and oxygen atoms in total. The minimum atomic E-state index is -0.0638. The Bertz CT molecular complexity index is 1370. The third kappa shape index (κ3) is 4.42. The van der Waals surface area contributed by atoms with Gasteiger partial charge in [0.1, 0.15) is 18.0 Å². The zero-order valence-electron chi connectivity index (χ0n) is 19.0. The van der Waals surface area contributed by atoms with Crippen molar-refractivity contribution in [2.24, 2.45) is 0 Å². The molecule has 4 aromatic heterocycles. The molecule has 1 aromatic carbocycles. The van der Waals surface area contributed by atoms with Gasteiger partial charge in [0.15, 0.2) is 5.13 Å². The fourth-order valence-electron chi connectivity index (χ4n) is 3.41. The Morgan fingerprint density at radius 2 is 1.82 bits per heavy atom. The first-order chi connectivity index (χ1) is 15.9. The highest BCUT2D eigenvalue weighted by Crippen LogP contribution is 2.31. The topological polar surface area (TPSA) is 73.5 Å². The van der Waals surface area contributed by atoms with Crippen molar-refractivity contribution in [3.63, 3.8) is 0 Å². The van der Waals surface area contributed by atoms with Crippen LogP contribution in [0.4, 0.5) is 10.9 Å². The lowest BCUT2D eigenvalue weighted by Gasteiger charge is -2.14. The van der Waals surface area contributed by atoms with Gasteiger partial charge in [-0.15, -0.1) is 11.3 Å². The zero-order valence-corrected chi connectivity index (χ0v) is 19.8. The van der Waals surface area contributed by atoms with Gasteiger partial charge in [-0.3, -0.25) is 4.57 Å². The summed E-state index contributed by atoms with van der Waals surface area (Å²) in [4.78, 5) is 13.6. The van der Waals surface area contributed by atoms with Crippen LogP contribution in [-0.4, -0.2) is 29.3 Å². The van der Waals surface area contributed by atoms with Gasteiger partial charge in [0.25, 0.3) is 0 Å². The highest BCUT2D eigenvalue weighted by Gasteiger charge is 2.21. The number of anilines is 2. The number of rotatable bonds is 5. The van der Waals surface area contributed by atoms with E-state index in [1.54, 1.807) is 17.7 Å². The van der Waals surface area contributed by atoms with Crippen molar-refractivity contribution < 1.29 is 0 Å². The number of hydrogen-bond acceptors (Lipinski definition) is 6. The largest absolute Gasteiger partial charge is 0.316 e. The van der Waals surface area contributed by atoms with Gasteiger partial charge in [-0.05, 0) is 31.2 Å². The molecule has 33 heavy (non-hydrogen) atoms. The molecule has 0 bridgehead atoms. The summed E-state index contributed by atoms with van der Waals surface area (Å²) in [5.41, 5.74) is 4.76. The average molecular weight is 456 g/mol. The van der Waals surface area contributed by atoms with Crippen LogP contribution in [0.1, 0.15) is 32.2 Å². The molecule has 0 atom stereocenters. The quantitative estimate of drug-likeness (QED) is 0.356. The van der Waals surface area contributed by atoms with E-state index < -0.39 is 0 Å². The Balaban J connectivity index is 1.41. The van der Waals surface area contributed by atoms with Crippen LogP contribution in [0.15, 0.2) is 72.6 Å². The lowest BCUT2D eigenvalue weighted by Crippen LogP contribution is -2.12. The van der Waals surface area contributed by atoms with Crippen LogP contribution in [0.2, 0.25) is 0 Å². The molecule has 0 amide bonds. The number of pyridine rings is 1. The van der Waals surface area contributed by atoms with Crippen molar-refractivity contribution in [2.75, 3.05) is 5.32 Å². The standard InChI is InChI=1S/C25H25N7S/c1-17-14-31(16-27-17)22-11-10-18(13-26-22)20-15-33-24(28-20)29-23-12-21(25(2,3)4)30-32(23)19-8-6-5-7-9-19/h5-16H,1-4H3,(H,28,29). The second-order valence-electron chi connectivity index (χ2n) is 8.90. The summed E-state index contributed by atoms with van der Waals surface area (Å²) in [6.45, 7) is 8.45. The summed E-state index contributed by atoms with van der Waals surface area (Å²) in [6.07, 6.45) is 5.56. The number of nitrogens with zero attached hydrogens (tertiary/aromatic N) is 6. The van der Waals surface area contributed by atoms with Crippen LogP contribution in [0, 0.1) is 6.92 Å². The van der Waals surface area contributed by atoms with E-state index in [9.17, 15) is 0 Å². The highest BCUT2D eigenvalue weighted by molar-refractivity contribution is 7.14. The second-order valence-corrected chi connectivity index (χ2v) is 9.76. The summed E-state index contributed by atoms with van der Waals surface area (Å²) in [5, 5.41) is 11.2. The first-order valence-electron chi connectivity index (χ1n) is 10.7. The monoisotopic (exact) mass is 455 g/mol. The maximum absolute atomic E-state index is 4.87. The molecule has 1 N–H and O–H groups in total. The Kier molecular flexibility index (Phi) is 5.30. The van der Waals surface area contributed by atoms with Crippen LogP contribution < -0.4 is 5.32 Å². The number of nitrogens with one attached hydrogen (secondary N) is 1. The molecule has 0 aliphatic carbocycles. The van der Waals surface area contributed by atoms with Crippen molar-refractivity contribution in [1.82, 2.24) is 29.3 Å². The van der Waals surface area contributed by atoms with Gasteiger partial charge in [-0.2, -0.15) is 5.10 Å². The average Bonchev–Trinajstić information content (AvgIpc) is 3.55. The van der Waals surface area contributed by atoms with Crippen LogP contribution in [0.5, 0.6) is 0 Å². The Labute approximate surface area is 196 Å². The van der Waals surface area contributed by atoms with E-state index >= 15 is 0 Å². The fourth-order valence-corrected chi connectivity index (χ4v) is 4.14. The smallest absolute Gasteiger partial charge is 0.188 e. The van der Waals surface area contributed by atoms with Gasteiger partial charge in [-0.1, -0.05) is 39.0 Å². The normalized spacial score (nSPS) is 11.6. The third-order valence-corrected chi connectivity index (χ3v) is 6.00. The van der Waals surface area contributed by atoms with Crippen molar-refractivity contribution in [3.8, 4) is 22.8 Å². The predicted molar refractivity (Wildman–Crippen MR) is 133 cm³/mol. The molecule has 0 spiro atoms. The zero-order chi connectivity index (χ0) is 23.0. The lowest BCUT2D eigenvalue weighted by molar-refractivity contribution is 0.560. The van der Waals surface area contributed by atoms with Crippen LogP contribution in [-0.2, 0) is 5.41 Å². The van der Waals surface area contributed by atoms with Crippen LogP contribution in [0.3, 0.4) is 0 Å². The number of aryl methyl sites for hydroxylation is 1. The summed E-state index contributed by atoms with van der Waals surface area (Å²) in [6, 6.07) is 16.2. The van der Waals surface area contributed by atoms with E-state index in [0.29, 0.717) is 0 Å². The predicted octanol–water partition coefficient (Wildman–Crippen LogP) is 5.93. The molecule has 166 valence electrons. The Morgan fingerprint density at radius 3 is 2.48 bits per heavy atom. The second kappa shape index (κ2) is 8.29. The van der Waals surface area contributed by atoms with E-state index in [-0.39, 0.29) is 5.41 Å². The van der Waals surface area contributed by atoms with Gasteiger partial charge in [0.05, 0.1) is 22.8 Å². The number of benzene rings is 1. The maximum atomic E-state index is 4.87. The Morgan fingerprint density at radius 1 is 1.00 bits per heavy atom. The third-order valence-electron chi connectivity index (χ3n) is 5.24. The van der Waals surface area contributed by atoms with E-state index in [1.807, 2.05) is 76.4 Å². The van der Waals surface area contributed by atoms with Crippen LogP contribution in [0.25, 0.3) is 22.8 Å². The first kappa shape index (κ1) is 21.1. The SMILES string of the molecule is Cc1cn(-c2ccc(-c3csc(Nc4cc(C(C)(C)C)nn4-c4ccccc4)n3)cn2)cn1. The minimum absolute atomic E-state index is 0.0638. The number of hydrogen-bond donors (Lipinski definition) is 1. The van der Waals surface area contributed by atoms with E-state index in [0.717, 1.165) is 45.1 Å². The molecule has 5 aromatic rings. The number of imidazole rings is 1. The van der Waals surface area contributed by atoms with Crippen molar-refractivity contribution in [1.29, 1.82) is 0 Å². The molecular weight excluding hydrogens is 430 g/mol. The van der Waals surface area contributed by atoms with Gasteiger partial charge < -0.3 is 5.32 Å². The molecule has 0 radical (unpaired) electrons. The number of para-hydroxylation sites is 1. The molecule has 0 saturated heterocycles. The summed E-state index contributed by atoms with van der Waals surface area (Å²) in [7, 11) is 0. The molecule has 8 heteroatoms. The number of aromatic nitrogens is 6. The number of thiazole rings is 1. The summed E-state index contributed by atoms with van der Waals surface area (Å²) in [5.74, 6) is 1.71. The Hall–Kier alpha value is -3.78. The summed E-state index contributed by atoms with van der Waals surface area (Å²) >= 11 is 1.56. The molecule has 0 fully saturated rings.